The summed E-state index contributed by atoms with van der Waals surface area (Å²) in [4.78, 5) is 30.1. The van der Waals surface area contributed by atoms with Crippen molar-refractivity contribution in [2.24, 2.45) is 0 Å². The van der Waals surface area contributed by atoms with Gasteiger partial charge in [-0.05, 0) is 68.6 Å². The Hall–Kier alpha value is -2.51. The van der Waals surface area contributed by atoms with Gasteiger partial charge in [0, 0.05) is 36.4 Å². The largest absolute Gasteiger partial charge is 0.374 e. The fourth-order valence-electron chi connectivity index (χ4n) is 3.77. The molecular weight excluding hydrogens is 396 g/mol. The quantitative estimate of drug-likeness (QED) is 0.549. The third kappa shape index (κ3) is 5.34. The Morgan fingerprint density at radius 2 is 1.97 bits per heavy atom. The molecule has 30 heavy (non-hydrogen) atoms. The van der Waals surface area contributed by atoms with E-state index in [2.05, 4.69) is 45.7 Å². The summed E-state index contributed by atoms with van der Waals surface area (Å²) in [5, 5.41) is 5.46. The molecule has 0 radical (unpaired) electrons. The van der Waals surface area contributed by atoms with Crippen molar-refractivity contribution in [1.29, 1.82) is 0 Å². The molecule has 2 amide bonds. The lowest BCUT2D eigenvalue weighted by Gasteiger charge is -2.30. The van der Waals surface area contributed by atoms with Crippen molar-refractivity contribution in [1.82, 2.24) is 10.2 Å². The summed E-state index contributed by atoms with van der Waals surface area (Å²) in [5.41, 5.74) is 4.37. The predicted octanol–water partition coefficient (Wildman–Crippen LogP) is 3.15. The van der Waals surface area contributed by atoms with Gasteiger partial charge < -0.3 is 20.4 Å². The SMILES string of the molecule is CSc1cccc(NC(=O)C(=O)NCC(c2ccc3c(c2)CCCN3C)N(C)C)c1. The van der Waals surface area contributed by atoms with Gasteiger partial charge in [0.15, 0.2) is 0 Å². The van der Waals surface area contributed by atoms with Crippen LogP contribution in [0.3, 0.4) is 0 Å². The number of rotatable bonds is 6. The van der Waals surface area contributed by atoms with E-state index in [4.69, 9.17) is 0 Å². The van der Waals surface area contributed by atoms with Crippen molar-refractivity contribution in [3.05, 3.63) is 53.6 Å². The highest BCUT2D eigenvalue weighted by molar-refractivity contribution is 7.98. The lowest BCUT2D eigenvalue weighted by molar-refractivity contribution is -0.136. The van der Waals surface area contributed by atoms with Gasteiger partial charge in [0.1, 0.15) is 0 Å². The molecule has 7 heteroatoms. The summed E-state index contributed by atoms with van der Waals surface area (Å²) in [6, 6.07) is 13.9. The first-order valence-electron chi connectivity index (χ1n) is 10.1. The minimum atomic E-state index is -0.655. The van der Waals surface area contributed by atoms with Crippen LogP contribution in [0.4, 0.5) is 11.4 Å². The number of likely N-dealkylation sites (N-methyl/N-ethyl adjacent to an activating group) is 1. The van der Waals surface area contributed by atoms with Crippen LogP contribution < -0.4 is 15.5 Å². The van der Waals surface area contributed by atoms with Crippen LogP contribution in [0, 0.1) is 0 Å². The fourth-order valence-corrected chi connectivity index (χ4v) is 4.23. The van der Waals surface area contributed by atoms with Gasteiger partial charge >= 0.3 is 11.8 Å². The number of anilines is 2. The van der Waals surface area contributed by atoms with Crippen LogP contribution in [-0.4, -0.2) is 57.2 Å². The molecule has 6 nitrogen and oxygen atoms in total. The maximum Gasteiger partial charge on any atom is 0.313 e. The minimum Gasteiger partial charge on any atom is -0.374 e. The Morgan fingerprint density at radius 1 is 1.17 bits per heavy atom. The Kier molecular flexibility index (Phi) is 7.39. The number of hydrogen-bond donors (Lipinski definition) is 2. The zero-order chi connectivity index (χ0) is 21.7. The molecule has 1 aliphatic heterocycles. The van der Waals surface area contributed by atoms with Crippen molar-refractivity contribution >= 4 is 35.0 Å². The molecule has 0 bridgehead atoms. The monoisotopic (exact) mass is 426 g/mol. The zero-order valence-electron chi connectivity index (χ0n) is 18.1. The summed E-state index contributed by atoms with van der Waals surface area (Å²) in [7, 11) is 6.08. The van der Waals surface area contributed by atoms with Crippen LogP contribution in [0.15, 0.2) is 47.4 Å². The van der Waals surface area contributed by atoms with E-state index in [0.29, 0.717) is 12.2 Å². The fraction of sp³-hybridized carbons (Fsp3) is 0.391. The molecule has 3 rings (SSSR count). The third-order valence-electron chi connectivity index (χ3n) is 5.45. The first-order valence-corrected chi connectivity index (χ1v) is 11.3. The number of carbonyl (C=O) groups excluding carboxylic acids is 2. The van der Waals surface area contributed by atoms with Gasteiger partial charge in [-0.3, -0.25) is 9.59 Å². The Morgan fingerprint density at radius 3 is 2.70 bits per heavy atom. The van der Waals surface area contributed by atoms with Gasteiger partial charge in [0.25, 0.3) is 0 Å². The first-order chi connectivity index (χ1) is 14.4. The highest BCUT2D eigenvalue weighted by Crippen LogP contribution is 2.30. The van der Waals surface area contributed by atoms with E-state index in [1.54, 1.807) is 17.8 Å². The van der Waals surface area contributed by atoms with Gasteiger partial charge in [-0.1, -0.05) is 18.2 Å². The lowest BCUT2D eigenvalue weighted by Crippen LogP contribution is -2.40. The number of carbonyl (C=O) groups is 2. The molecule has 0 aromatic heterocycles. The van der Waals surface area contributed by atoms with E-state index in [9.17, 15) is 9.59 Å². The number of nitrogens with one attached hydrogen (secondary N) is 2. The maximum absolute atomic E-state index is 12.4. The van der Waals surface area contributed by atoms with E-state index < -0.39 is 11.8 Å². The Labute approximate surface area is 183 Å². The van der Waals surface area contributed by atoms with Crippen molar-refractivity contribution in [3.63, 3.8) is 0 Å². The number of thioether (sulfide) groups is 1. The molecule has 1 heterocycles. The summed E-state index contributed by atoms with van der Waals surface area (Å²) in [6.07, 6.45) is 4.18. The van der Waals surface area contributed by atoms with Crippen LogP contribution in [-0.2, 0) is 16.0 Å². The van der Waals surface area contributed by atoms with Crippen LogP contribution in [0.25, 0.3) is 0 Å². The Bertz CT molecular complexity index is 916. The number of aryl methyl sites for hydroxylation is 1. The molecule has 2 aromatic carbocycles. The predicted molar refractivity (Wildman–Crippen MR) is 124 cm³/mol. The van der Waals surface area contributed by atoms with Crippen LogP contribution in [0.1, 0.15) is 23.6 Å². The summed E-state index contributed by atoms with van der Waals surface area (Å²) in [5.74, 6) is -1.29. The van der Waals surface area contributed by atoms with Crippen LogP contribution in [0.5, 0.6) is 0 Å². The zero-order valence-corrected chi connectivity index (χ0v) is 18.9. The highest BCUT2D eigenvalue weighted by atomic mass is 32.2. The number of hydrogen-bond acceptors (Lipinski definition) is 5. The molecule has 0 fully saturated rings. The molecule has 1 unspecified atom stereocenters. The molecule has 1 atom stereocenters. The molecule has 1 aliphatic rings. The first kappa shape index (κ1) is 22.2. The van der Waals surface area contributed by atoms with Crippen molar-refractivity contribution in [3.8, 4) is 0 Å². The highest BCUT2D eigenvalue weighted by Gasteiger charge is 2.21. The second kappa shape index (κ2) is 10.00. The average molecular weight is 427 g/mol. The van der Waals surface area contributed by atoms with Crippen molar-refractivity contribution in [2.45, 2.75) is 23.8 Å². The van der Waals surface area contributed by atoms with Gasteiger partial charge in [-0.15, -0.1) is 11.8 Å². The van der Waals surface area contributed by atoms with E-state index in [0.717, 1.165) is 29.8 Å². The van der Waals surface area contributed by atoms with Crippen molar-refractivity contribution in [2.75, 3.05) is 50.7 Å². The molecule has 160 valence electrons. The van der Waals surface area contributed by atoms with E-state index in [-0.39, 0.29) is 6.04 Å². The van der Waals surface area contributed by atoms with Gasteiger partial charge in [0.05, 0.1) is 6.04 Å². The summed E-state index contributed by atoms with van der Waals surface area (Å²) < 4.78 is 0. The smallest absolute Gasteiger partial charge is 0.313 e. The topological polar surface area (TPSA) is 64.7 Å². The van der Waals surface area contributed by atoms with Crippen LogP contribution in [0.2, 0.25) is 0 Å². The molecule has 0 spiro atoms. The average Bonchev–Trinajstić information content (AvgIpc) is 2.73. The maximum atomic E-state index is 12.4. The lowest BCUT2D eigenvalue weighted by atomic mass is 9.96. The van der Waals surface area contributed by atoms with Crippen LogP contribution >= 0.6 is 11.8 Å². The van der Waals surface area contributed by atoms with Crippen molar-refractivity contribution < 1.29 is 9.59 Å². The number of benzene rings is 2. The second-order valence-corrected chi connectivity index (χ2v) is 8.67. The molecule has 0 saturated heterocycles. The van der Waals surface area contributed by atoms with E-state index in [1.165, 1.54) is 11.3 Å². The molecule has 0 aliphatic carbocycles. The summed E-state index contributed by atoms with van der Waals surface area (Å²) >= 11 is 1.58. The van der Waals surface area contributed by atoms with Gasteiger partial charge in [-0.25, -0.2) is 0 Å². The van der Waals surface area contributed by atoms with E-state index in [1.807, 2.05) is 38.6 Å². The number of fused-ring (bicyclic) bond motifs is 1. The normalized spacial score (nSPS) is 14.2. The Balaban J connectivity index is 1.64. The molecule has 0 saturated carbocycles. The van der Waals surface area contributed by atoms with E-state index >= 15 is 0 Å². The minimum absolute atomic E-state index is 0.0147. The number of nitrogens with zero attached hydrogens (tertiary/aromatic N) is 2. The second-order valence-electron chi connectivity index (χ2n) is 7.79. The molecule has 2 N–H and O–H groups in total. The number of amides is 2. The van der Waals surface area contributed by atoms with Gasteiger partial charge in [-0.2, -0.15) is 0 Å². The standard InChI is InChI=1S/C23H30N4O2S/c1-26(2)21(17-10-11-20-16(13-17)7-6-12-27(20)3)15-24-22(28)23(29)25-18-8-5-9-19(14-18)30-4/h5,8-11,13-14,21H,6-7,12,15H2,1-4H3,(H,24,28)(H,25,29). The summed E-state index contributed by atoms with van der Waals surface area (Å²) in [6.45, 7) is 1.44. The van der Waals surface area contributed by atoms with Gasteiger partial charge in [0.2, 0.25) is 0 Å². The third-order valence-corrected chi connectivity index (χ3v) is 6.18. The molecular formula is C23H30N4O2S. The molecule has 2 aromatic rings.